The number of nitrogens with zero attached hydrogens (tertiary/aromatic N) is 2. The third-order valence-electron chi connectivity index (χ3n) is 6.11. The minimum atomic E-state index is 0.197. The van der Waals surface area contributed by atoms with E-state index in [1.54, 1.807) is 11.3 Å². The number of ether oxygens (including phenoxy) is 1. The van der Waals surface area contributed by atoms with Crippen molar-refractivity contribution in [1.82, 2.24) is 9.80 Å². The van der Waals surface area contributed by atoms with Gasteiger partial charge in [-0.25, -0.2) is 0 Å². The number of rotatable bonds is 5. The maximum Gasteiger partial charge on any atom is 0.263 e. The van der Waals surface area contributed by atoms with Crippen LogP contribution in [-0.4, -0.2) is 53.5 Å². The van der Waals surface area contributed by atoms with Gasteiger partial charge >= 0.3 is 0 Å². The van der Waals surface area contributed by atoms with Crippen LogP contribution in [0.3, 0.4) is 0 Å². The van der Waals surface area contributed by atoms with Crippen molar-refractivity contribution >= 4 is 17.2 Å². The van der Waals surface area contributed by atoms with E-state index in [0.29, 0.717) is 18.0 Å². The van der Waals surface area contributed by atoms with Crippen molar-refractivity contribution in [1.29, 1.82) is 0 Å². The number of likely N-dealkylation sites (tertiary alicyclic amines) is 2. The monoisotopic (exact) mass is 398 g/mol. The molecule has 0 aliphatic carbocycles. The minimum Gasteiger partial charge on any atom is -0.487 e. The number of aryl methyl sites for hydroxylation is 1. The molecule has 2 atom stereocenters. The van der Waals surface area contributed by atoms with E-state index in [-0.39, 0.29) is 12.0 Å². The average molecular weight is 399 g/mol. The van der Waals surface area contributed by atoms with Gasteiger partial charge in [0.1, 0.15) is 11.9 Å². The van der Waals surface area contributed by atoms with E-state index in [9.17, 15) is 4.79 Å². The Morgan fingerprint density at radius 3 is 2.43 bits per heavy atom. The molecule has 4 nitrogen and oxygen atoms in total. The molecule has 1 aromatic carbocycles. The highest BCUT2D eigenvalue weighted by molar-refractivity contribution is 7.13. The lowest BCUT2D eigenvalue weighted by molar-refractivity contribution is -0.0983. The molecule has 150 valence electrons. The number of para-hydroxylation sites is 1. The van der Waals surface area contributed by atoms with Crippen molar-refractivity contribution in [3.8, 4) is 5.75 Å². The van der Waals surface area contributed by atoms with Gasteiger partial charge in [-0.05, 0) is 63.8 Å². The van der Waals surface area contributed by atoms with Crippen LogP contribution in [0.1, 0.15) is 41.2 Å². The zero-order chi connectivity index (χ0) is 19.7. The van der Waals surface area contributed by atoms with Crippen LogP contribution in [0, 0.1) is 12.8 Å². The Bertz CT molecular complexity index is 796. The molecule has 2 aromatic rings. The topological polar surface area (TPSA) is 32.8 Å². The van der Waals surface area contributed by atoms with Crippen molar-refractivity contribution < 1.29 is 9.53 Å². The Morgan fingerprint density at radius 2 is 1.82 bits per heavy atom. The Kier molecular flexibility index (Phi) is 5.74. The van der Waals surface area contributed by atoms with Gasteiger partial charge in [-0.1, -0.05) is 18.2 Å². The van der Waals surface area contributed by atoms with E-state index in [1.165, 1.54) is 4.88 Å². The van der Waals surface area contributed by atoms with Gasteiger partial charge in [0.25, 0.3) is 5.91 Å². The molecule has 0 radical (unpaired) electrons. The van der Waals surface area contributed by atoms with Crippen molar-refractivity contribution in [3.63, 3.8) is 0 Å². The summed E-state index contributed by atoms with van der Waals surface area (Å²) in [6.45, 7) is 9.28. The van der Waals surface area contributed by atoms with Crippen molar-refractivity contribution in [3.05, 3.63) is 52.2 Å². The van der Waals surface area contributed by atoms with Crippen LogP contribution in [0.4, 0.5) is 0 Å². The number of hydrogen-bond donors (Lipinski definition) is 0. The first-order valence-electron chi connectivity index (χ1n) is 10.4. The predicted molar refractivity (Wildman–Crippen MR) is 114 cm³/mol. The smallest absolute Gasteiger partial charge is 0.263 e. The van der Waals surface area contributed by atoms with Crippen LogP contribution < -0.4 is 4.74 Å². The number of amides is 1. The van der Waals surface area contributed by atoms with Crippen LogP contribution in [0.5, 0.6) is 5.75 Å². The summed E-state index contributed by atoms with van der Waals surface area (Å²) < 4.78 is 6.32. The van der Waals surface area contributed by atoms with E-state index in [4.69, 9.17) is 4.74 Å². The molecular formula is C23H30N2O2S. The summed E-state index contributed by atoms with van der Waals surface area (Å²) in [5, 5.41) is 0. The van der Waals surface area contributed by atoms with Crippen LogP contribution in [0.2, 0.25) is 0 Å². The molecule has 2 unspecified atom stereocenters. The number of benzene rings is 1. The fourth-order valence-corrected chi connectivity index (χ4v) is 5.41. The van der Waals surface area contributed by atoms with E-state index < -0.39 is 0 Å². The summed E-state index contributed by atoms with van der Waals surface area (Å²) in [5.74, 6) is 1.74. The Hall–Kier alpha value is -1.85. The molecule has 2 fully saturated rings. The van der Waals surface area contributed by atoms with Gasteiger partial charge in [0.2, 0.25) is 0 Å². The van der Waals surface area contributed by atoms with Gasteiger partial charge in [-0.15, -0.1) is 11.3 Å². The summed E-state index contributed by atoms with van der Waals surface area (Å²) in [4.78, 5) is 19.4. The maximum atomic E-state index is 12.8. The first kappa shape index (κ1) is 19.5. The second kappa shape index (κ2) is 8.26. The van der Waals surface area contributed by atoms with Gasteiger partial charge < -0.3 is 9.64 Å². The van der Waals surface area contributed by atoms with E-state index in [1.807, 2.05) is 47.4 Å². The van der Waals surface area contributed by atoms with Crippen LogP contribution in [-0.2, 0) is 0 Å². The number of hydrogen-bond acceptors (Lipinski definition) is 4. The van der Waals surface area contributed by atoms with Crippen molar-refractivity contribution in [2.45, 2.75) is 51.8 Å². The van der Waals surface area contributed by atoms with E-state index in [2.05, 4.69) is 25.7 Å². The molecule has 1 amide bonds. The van der Waals surface area contributed by atoms with Gasteiger partial charge in [0.15, 0.2) is 0 Å². The Balaban J connectivity index is 1.39. The second-order valence-corrected chi connectivity index (χ2v) is 9.58. The summed E-state index contributed by atoms with van der Waals surface area (Å²) in [7, 11) is 0. The first-order chi connectivity index (χ1) is 13.5. The van der Waals surface area contributed by atoms with Crippen LogP contribution >= 0.6 is 11.3 Å². The number of carbonyl (C=O) groups excluding carboxylic acids is 1. The molecule has 5 heteroatoms. The highest BCUT2D eigenvalue weighted by Gasteiger charge is 2.47. The van der Waals surface area contributed by atoms with Crippen LogP contribution in [0.25, 0.3) is 0 Å². The molecule has 28 heavy (non-hydrogen) atoms. The molecule has 0 N–H and O–H groups in total. The molecular weight excluding hydrogens is 368 g/mol. The summed E-state index contributed by atoms with van der Waals surface area (Å²) in [5.41, 5.74) is 0. The molecule has 0 saturated carbocycles. The highest BCUT2D eigenvalue weighted by Crippen LogP contribution is 2.36. The molecule has 3 heterocycles. The normalized spacial score (nSPS) is 23.6. The number of carbonyl (C=O) groups is 1. The average Bonchev–Trinajstić information content (AvgIpc) is 3.12. The SMILES string of the molecule is Cc1ccc(C(=O)N2CCC(C3C(Oc4ccccc4)CN3C(C)C)CC2)s1. The predicted octanol–water partition coefficient (Wildman–Crippen LogP) is 4.45. The molecule has 0 spiro atoms. The van der Waals surface area contributed by atoms with Gasteiger partial charge in [0.05, 0.1) is 10.9 Å². The quantitative estimate of drug-likeness (QED) is 0.746. The van der Waals surface area contributed by atoms with Gasteiger partial charge in [0, 0.05) is 30.6 Å². The van der Waals surface area contributed by atoms with Gasteiger partial charge in [-0.2, -0.15) is 0 Å². The molecule has 2 aliphatic heterocycles. The summed E-state index contributed by atoms with van der Waals surface area (Å²) in [6.07, 6.45) is 2.36. The lowest BCUT2D eigenvalue weighted by Gasteiger charge is -2.54. The molecule has 2 aliphatic rings. The largest absolute Gasteiger partial charge is 0.487 e. The lowest BCUT2D eigenvalue weighted by atomic mass is 9.79. The zero-order valence-corrected chi connectivity index (χ0v) is 17.8. The minimum absolute atomic E-state index is 0.197. The first-order valence-corrected chi connectivity index (χ1v) is 11.2. The van der Waals surface area contributed by atoms with Gasteiger partial charge in [-0.3, -0.25) is 9.69 Å². The zero-order valence-electron chi connectivity index (χ0n) is 17.0. The third-order valence-corrected chi connectivity index (χ3v) is 7.10. The summed E-state index contributed by atoms with van der Waals surface area (Å²) >= 11 is 1.60. The molecule has 2 saturated heterocycles. The standard InChI is InChI=1S/C23H30N2O2S/c1-16(2)25-15-20(27-19-7-5-4-6-8-19)22(25)18-11-13-24(14-12-18)23(26)21-10-9-17(3)28-21/h4-10,16,18,20,22H,11-15H2,1-3H3. The number of piperidine rings is 1. The highest BCUT2D eigenvalue weighted by atomic mass is 32.1. The Labute approximate surface area is 172 Å². The van der Waals surface area contributed by atoms with Crippen molar-refractivity contribution in [2.24, 2.45) is 5.92 Å². The number of thiophene rings is 1. The van der Waals surface area contributed by atoms with Crippen molar-refractivity contribution in [2.75, 3.05) is 19.6 Å². The third kappa shape index (κ3) is 3.96. The fourth-order valence-electron chi connectivity index (χ4n) is 4.57. The molecule has 4 rings (SSSR count). The summed E-state index contributed by atoms with van der Waals surface area (Å²) in [6, 6.07) is 15.1. The van der Waals surface area contributed by atoms with Crippen LogP contribution in [0.15, 0.2) is 42.5 Å². The Morgan fingerprint density at radius 1 is 1.11 bits per heavy atom. The molecule has 0 bridgehead atoms. The maximum absolute atomic E-state index is 12.8. The lowest BCUT2D eigenvalue weighted by Crippen LogP contribution is -2.68. The van der Waals surface area contributed by atoms with E-state index >= 15 is 0 Å². The second-order valence-electron chi connectivity index (χ2n) is 8.29. The van der Waals surface area contributed by atoms with E-state index in [0.717, 1.165) is 43.1 Å². The fraction of sp³-hybridized carbons (Fsp3) is 0.522. The molecule has 1 aromatic heterocycles.